The number of nitrogens with zero attached hydrogens (tertiary/aromatic N) is 1. The molecule has 0 atom stereocenters. The molecule has 0 spiro atoms. The lowest BCUT2D eigenvalue weighted by Gasteiger charge is -2.12. The maximum Gasteiger partial charge on any atom is 0.329 e. The Morgan fingerprint density at radius 1 is 1.43 bits per heavy atom. The number of Topliss-reactive ketones (excluding diaryl/α,β-unsaturated/α-hetero) is 1. The molecule has 0 saturated carbocycles. The van der Waals surface area contributed by atoms with Crippen molar-refractivity contribution >= 4 is 30.3 Å². The highest BCUT2D eigenvalue weighted by atomic mass is 32.1. The molecule has 74 valence electrons. The highest BCUT2D eigenvalue weighted by molar-refractivity contribution is 7.82. The second kappa shape index (κ2) is 4.15. The Morgan fingerprint density at radius 2 is 2.07 bits per heavy atom. The van der Waals surface area contributed by atoms with Crippen LogP contribution in [0.3, 0.4) is 0 Å². The van der Waals surface area contributed by atoms with Crippen molar-refractivity contribution in [1.29, 1.82) is 0 Å². The van der Waals surface area contributed by atoms with Gasteiger partial charge in [0.05, 0.1) is 5.69 Å². The molecule has 1 aromatic rings. The topological polar surface area (TPSA) is 63.4 Å². The van der Waals surface area contributed by atoms with Crippen LogP contribution >= 0.6 is 12.8 Å². The lowest BCUT2D eigenvalue weighted by molar-refractivity contribution is 0.101. The average molecular weight is 210 g/mol. The van der Waals surface area contributed by atoms with E-state index in [-0.39, 0.29) is 5.78 Å². The van der Waals surface area contributed by atoms with E-state index in [0.717, 1.165) is 4.31 Å². The van der Waals surface area contributed by atoms with E-state index in [4.69, 9.17) is 5.73 Å². The molecule has 5 heteroatoms. The zero-order chi connectivity index (χ0) is 10.7. The zero-order valence-corrected chi connectivity index (χ0v) is 8.49. The van der Waals surface area contributed by atoms with Gasteiger partial charge in [-0.25, -0.2) is 9.10 Å². The van der Waals surface area contributed by atoms with Crippen molar-refractivity contribution in [3.05, 3.63) is 29.8 Å². The number of nitrogens with two attached hydrogens (primary N) is 1. The quantitative estimate of drug-likeness (QED) is 0.575. The monoisotopic (exact) mass is 210 g/mol. The number of primary amides is 1. The number of thiol groups is 1. The number of ketones is 1. The largest absolute Gasteiger partial charge is 0.350 e. The van der Waals surface area contributed by atoms with E-state index < -0.39 is 6.03 Å². The molecule has 4 nitrogen and oxygen atoms in total. The normalized spacial score (nSPS) is 9.57. The van der Waals surface area contributed by atoms with Gasteiger partial charge < -0.3 is 5.73 Å². The van der Waals surface area contributed by atoms with Gasteiger partial charge >= 0.3 is 6.03 Å². The Hall–Kier alpha value is -1.49. The van der Waals surface area contributed by atoms with Crippen molar-refractivity contribution in [3.63, 3.8) is 0 Å². The number of hydrogen-bond donors (Lipinski definition) is 2. The first-order valence-electron chi connectivity index (χ1n) is 3.92. The summed E-state index contributed by atoms with van der Waals surface area (Å²) < 4.78 is 0.979. The van der Waals surface area contributed by atoms with Crippen LogP contribution in [0.4, 0.5) is 10.5 Å². The van der Waals surface area contributed by atoms with Crippen LogP contribution in [0, 0.1) is 0 Å². The van der Waals surface area contributed by atoms with E-state index in [1.165, 1.54) is 6.92 Å². The molecule has 1 aromatic carbocycles. The molecular formula is C9H10N2O2S. The first kappa shape index (κ1) is 10.6. The fourth-order valence-electron chi connectivity index (χ4n) is 0.984. The van der Waals surface area contributed by atoms with Gasteiger partial charge in [-0.1, -0.05) is 24.9 Å². The van der Waals surface area contributed by atoms with Gasteiger partial charge in [0.1, 0.15) is 0 Å². The molecular weight excluding hydrogens is 200 g/mol. The molecule has 2 amide bonds. The highest BCUT2D eigenvalue weighted by Crippen LogP contribution is 2.17. The van der Waals surface area contributed by atoms with Crippen molar-refractivity contribution in [2.45, 2.75) is 6.92 Å². The number of carbonyl (C=O) groups excluding carboxylic acids is 2. The van der Waals surface area contributed by atoms with Gasteiger partial charge in [-0.3, -0.25) is 4.79 Å². The maximum atomic E-state index is 11.0. The summed E-state index contributed by atoms with van der Waals surface area (Å²) >= 11 is 3.88. The van der Waals surface area contributed by atoms with Gasteiger partial charge in [-0.05, 0) is 19.1 Å². The van der Waals surface area contributed by atoms with E-state index in [1.54, 1.807) is 24.3 Å². The van der Waals surface area contributed by atoms with Crippen LogP contribution < -0.4 is 10.0 Å². The molecule has 0 bridgehead atoms. The summed E-state index contributed by atoms with van der Waals surface area (Å²) in [6.07, 6.45) is 0. The summed E-state index contributed by atoms with van der Waals surface area (Å²) in [6, 6.07) is 5.84. The molecule has 0 unspecified atom stereocenters. The predicted octanol–water partition coefficient (Wildman–Crippen LogP) is 1.62. The molecule has 0 aliphatic carbocycles. The molecule has 0 aliphatic heterocycles. The number of benzene rings is 1. The van der Waals surface area contributed by atoms with E-state index in [2.05, 4.69) is 12.8 Å². The van der Waals surface area contributed by atoms with E-state index in [9.17, 15) is 9.59 Å². The number of carbonyl (C=O) groups is 2. The van der Waals surface area contributed by atoms with Gasteiger partial charge in [0.15, 0.2) is 5.78 Å². The van der Waals surface area contributed by atoms with Crippen molar-refractivity contribution < 1.29 is 9.59 Å². The lowest BCUT2D eigenvalue weighted by atomic mass is 10.1. The molecule has 14 heavy (non-hydrogen) atoms. The predicted molar refractivity (Wildman–Crippen MR) is 57.5 cm³/mol. The molecule has 2 N–H and O–H groups in total. The minimum Gasteiger partial charge on any atom is -0.350 e. The lowest BCUT2D eigenvalue weighted by Crippen LogP contribution is -2.27. The fraction of sp³-hybridized carbons (Fsp3) is 0.111. The summed E-state index contributed by atoms with van der Waals surface area (Å²) in [5.41, 5.74) is 6.02. The van der Waals surface area contributed by atoms with Gasteiger partial charge in [0, 0.05) is 5.56 Å². The number of urea groups is 1. The Morgan fingerprint density at radius 3 is 2.57 bits per heavy atom. The van der Waals surface area contributed by atoms with Crippen LogP contribution in [-0.4, -0.2) is 11.8 Å². The van der Waals surface area contributed by atoms with Crippen LogP contribution in [0.1, 0.15) is 17.3 Å². The summed E-state index contributed by atoms with van der Waals surface area (Å²) in [5, 5.41) is 0. The number of hydrogen-bond acceptors (Lipinski definition) is 3. The van der Waals surface area contributed by atoms with Crippen molar-refractivity contribution in [3.8, 4) is 0 Å². The van der Waals surface area contributed by atoms with Gasteiger partial charge in [-0.2, -0.15) is 0 Å². The molecule has 0 aromatic heterocycles. The molecule has 1 rings (SSSR count). The molecule has 0 radical (unpaired) electrons. The highest BCUT2D eigenvalue weighted by Gasteiger charge is 2.08. The number of anilines is 1. The third kappa shape index (κ3) is 2.26. The third-order valence-corrected chi connectivity index (χ3v) is 2.13. The molecule has 0 fully saturated rings. The molecule has 0 heterocycles. The summed E-state index contributed by atoms with van der Waals surface area (Å²) in [4.78, 5) is 21.8. The van der Waals surface area contributed by atoms with Gasteiger partial charge in [0.2, 0.25) is 0 Å². The van der Waals surface area contributed by atoms with Crippen molar-refractivity contribution in [1.82, 2.24) is 0 Å². The second-order valence-corrected chi connectivity index (χ2v) is 3.16. The standard InChI is InChI=1S/C9H10N2O2S/c1-6(12)7-3-2-4-8(5-7)11(14)9(10)13/h2-5,14H,1H3,(H2,10,13). The van der Waals surface area contributed by atoms with Crippen LogP contribution in [0.25, 0.3) is 0 Å². The minimum atomic E-state index is -0.686. The fourth-order valence-corrected chi connectivity index (χ4v) is 1.11. The Kier molecular flexibility index (Phi) is 3.14. The smallest absolute Gasteiger partial charge is 0.329 e. The van der Waals surface area contributed by atoms with E-state index in [0.29, 0.717) is 11.3 Å². The number of rotatable bonds is 2. The third-order valence-electron chi connectivity index (χ3n) is 1.71. The number of amides is 2. The molecule has 0 saturated heterocycles. The van der Waals surface area contributed by atoms with Crippen LogP contribution in [-0.2, 0) is 0 Å². The van der Waals surface area contributed by atoms with E-state index >= 15 is 0 Å². The average Bonchev–Trinajstić information content (AvgIpc) is 2.16. The van der Waals surface area contributed by atoms with Crippen molar-refractivity contribution in [2.24, 2.45) is 5.73 Å². The Balaban J connectivity index is 3.05. The van der Waals surface area contributed by atoms with Crippen LogP contribution in [0.5, 0.6) is 0 Å². The summed E-state index contributed by atoms with van der Waals surface area (Å²) in [5.74, 6) is -0.0712. The zero-order valence-electron chi connectivity index (χ0n) is 7.60. The minimum absolute atomic E-state index is 0.0712. The maximum absolute atomic E-state index is 11.0. The van der Waals surface area contributed by atoms with Crippen LogP contribution in [0.15, 0.2) is 24.3 Å². The Bertz CT molecular complexity index is 379. The summed E-state index contributed by atoms with van der Waals surface area (Å²) in [7, 11) is 0. The van der Waals surface area contributed by atoms with Gasteiger partial charge in [0.25, 0.3) is 0 Å². The van der Waals surface area contributed by atoms with Crippen molar-refractivity contribution in [2.75, 3.05) is 4.31 Å². The van der Waals surface area contributed by atoms with E-state index in [1.807, 2.05) is 0 Å². The first-order chi connectivity index (χ1) is 6.52. The summed E-state index contributed by atoms with van der Waals surface area (Å²) in [6.45, 7) is 1.45. The first-order valence-corrected chi connectivity index (χ1v) is 4.32. The second-order valence-electron chi connectivity index (χ2n) is 2.76. The van der Waals surface area contributed by atoms with Gasteiger partial charge in [-0.15, -0.1) is 0 Å². The van der Waals surface area contributed by atoms with Crippen LogP contribution in [0.2, 0.25) is 0 Å². The SMILES string of the molecule is CC(=O)c1cccc(N(S)C(N)=O)c1. The Labute approximate surface area is 87.2 Å². The molecule has 0 aliphatic rings.